The minimum Gasteiger partial charge on any atom is -0.481 e. The molecule has 1 aliphatic rings. The number of aromatic nitrogens is 2. The first-order valence-electron chi connectivity index (χ1n) is 7.46. The fourth-order valence-corrected chi connectivity index (χ4v) is 4.32. The lowest BCUT2D eigenvalue weighted by Crippen LogP contribution is -2.15. The molecule has 1 aliphatic heterocycles. The Morgan fingerprint density at radius 2 is 1.96 bits per heavy atom. The van der Waals surface area contributed by atoms with Crippen LogP contribution >= 0.6 is 0 Å². The molecule has 0 aliphatic carbocycles. The summed E-state index contributed by atoms with van der Waals surface area (Å²) in [6.45, 7) is 2.22. The van der Waals surface area contributed by atoms with E-state index in [4.69, 9.17) is 0 Å². The van der Waals surface area contributed by atoms with Gasteiger partial charge in [-0.25, -0.2) is 8.42 Å². The Morgan fingerprint density at radius 1 is 1.29 bits per heavy atom. The average molecular weight is 350 g/mol. The van der Waals surface area contributed by atoms with E-state index in [2.05, 4.69) is 0 Å². The number of carboxylic acid groups (broad SMARTS) is 1. The van der Waals surface area contributed by atoms with Crippen molar-refractivity contribution in [1.82, 2.24) is 9.13 Å². The highest BCUT2D eigenvalue weighted by atomic mass is 32.2. The minimum absolute atomic E-state index is 0.0696. The lowest BCUT2D eigenvalue weighted by molar-refractivity contribution is -0.138. The maximum Gasteiger partial charge on any atom is 0.312 e. The maximum atomic E-state index is 12.9. The Kier molecular flexibility index (Phi) is 3.67. The van der Waals surface area contributed by atoms with Gasteiger partial charge in [0.1, 0.15) is 5.03 Å². The third-order valence-corrected chi connectivity index (χ3v) is 5.69. The van der Waals surface area contributed by atoms with Crippen molar-refractivity contribution in [3.63, 3.8) is 0 Å². The fourth-order valence-electron chi connectivity index (χ4n) is 3.41. The predicted octanol–water partition coefficient (Wildman–Crippen LogP) is 1.34. The van der Waals surface area contributed by atoms with E-state index in [1.165, 1.54) is 23.7 Å². The van der Waals surface area contributed by atoms with E-state index in [9.17, 15) is 23.1 Å². The zero-order valence-corrected chi connectivity index (χ0v) is 14.4. The summed E-state index contributed by atoms with van der Waals surface area (Å²) in [4.78, 5) is 24.3. The molecule has 0 aromatic carbocycles. The SMILES string of the molecule is Cc1cc2n(c1C(=O)c1ccc(S(C)(=O)=O)n1C)CCC2C(=O)O. The van der Waals surface area contributed by atoms with Gasteiger partial charge in [0, 0.05) is 25.5 Å². The van der Waals surface area contributed by atoms with Gasteiger partial charge in [0.05, 0.1) is 17.3 Å². The number of carbonyl (C=O) groups excluding carboxylic acids is 1. The zero-order chi connectivity index (χ0) is 17.8. The number of sulfone groups is 1. The molecule has 0 spiro atoms. The molecule has 0 bridgehead atoms. The van der Waals surface area contributed by atoms with Gasteiger partial charge in [-0.15, -0.1) is 0 Å². The quantitative estimate of drug-likeness (QED) is 0.839. The molecule has 0 radical (unpaired) electrons. The summed E-state index contributed by atoms with van der Waals surface area (Å²) >= 11 is 0. The van der Waals surface area contributed by atoms with Crippen LogP contribution in [0.15, 0.2) is 23.2 Å². The highest BCUT2D eigenvalue weighted by molar-refractivity contribution is 7.90. The molecular formula is C16H18N2O5S. The van der Waals surface area contributed by atoms with Crippen molar-refractivity contribution in [2.75, 3.05) is 6.26 Å². The molecule has 2 aromatic rings. The molecule has 0 saturated carbocycles. The van der Waals surface area contributed by atoms with Crippen molar-refractivity contribution < 1.29 is 23.1 Å². The average Bonchev–Trinajstić information content (AvgIpc) is 3.09. The highest BCUT2D eigenvalue weighted by Gasteiger charge is 2.34. The van der Waals surface area contributed by atoms with Crippen LogP contribution in [0.4, 0.5) is 0 Å². The van der Waals surface area contributed by atoms with E-state index in [1.54, 1.807) is 17.6 Å². The normalized spacial score (nSPS) is 17.0. The number of nitrogens with zero attached hydrogens (tertiary/aromatic N) is 2. The molecule has 1 N–H and O–H groups in total. The third kappa shape index (κ3) is 2.37. The number of aryl methyl sites for hydroxylation is 1. The Hall–Kier alpha value is -2.35. The largest absolute Gasteiger partial charge is 0.481 e. The molecule has 0 fully saturated rings. The van der Waals surface area contributed by atoms with Gasteiger partial charge in [-0.3, -0.25) is 9.59 Å². The zero-order valence-electron chi connectivity index (χ0n) is 13.6. The van der Waals surface area contributed by atoms with Gasteiger partial charge >= 0.3 is 5.97 Å². The van der Waals surface area contributed by atoms with Crippen LogP contribution in [0.5, 0.6) is 0 Å². The highest BCUT2D eigenvalue weighted by Crippen LogP contribution is 2.34. The number of carbonyl (C=O) groups is 2. The molecule has 1 unspecified atom stereocenters. The van der Waals surface area contributed by atoms with Crippen molar-refractivity contribution in [3.05, 3.63) is 40.8 Å². The summed E-state index contributed by atoms with van der Waals surface area (Å²) in [5.41, 5.74) is 2.01. The van der Waals surface area contributed by atoms with Crippen molar-refractivity contribution in [2.24, 2.45) is 7.05 Å². The van der Waals surface area contributed by atoms with Crippen molar-refractivity contribution in [3.8, 4) is 0 Å². The fraction of sp³-hybridized carbons (Fsp3) is 0.375. The molecule has 0 saturated heterocycles. The number of hydrogen-bond acceptors (Lipinski definition) is 4. The number of aliphatic carboxylic acids is 1. The Balaban J connectivity index is 2.09. The second-order valence-corrected chi connectivity index (χ2v) is 8.11. The summed E-state index contributed by atoms with van der Waals surface area (Å²) < 4.78 is 26.6. The standard InChI is InChI=1S/C16H18N2O5S/c1-9-8-12-10(16(20)21)6-7-18(12)14(9)15(19)11-4-5-13(17(11)2)24(3,22)23/h4-5,8,10H,6-7H2,1-3H3,(H,20,21). The Bertz CT molecular complexity index is 965. The van der Waals surface area contributed by atoms with Gasteiger partial charge in [0.25, 0.3) is 0 Å². The first-order chi connectivity index (χ1) is 11.1. The van der Waals surface area contributed by atoms with E-state index in [0.29, 0.717) is 29.9 Å². The van der Waals surface area contributed by atoms with E-state index in [0.717, 1.165) is 6.26 Å². The first kappa shape index (κ1) is 16.5. The van der Waals surface area contributed by atoms with E-state index < -0.39 is 21.7 Å². The van der Waals surface area contributed by atoms with Gasteiger partial charge in [-0.1, -0.05) is 0 Å². The van der Waals surface area contributed by atoms with E-state index >= 15 is 0 Å². The molecule has 24 heavy (non-hydrogen) atoms. The molecule has 7 nitrogen and oxygen atoms in total. The van der Waals surface area contributed by atoms with Gasteiger partial charge < -0.3 is 14.2 Å². The van der Waals surface area contributed by atoms with Crippen LogP contribution in [0.2, 0.25) is 0 Å². The molecular weight excluding hydrogens is 332 g/mol. The van der Waals surface area contributed by atoms with Gasteiger partial charge in [0.15, 0.2) is 9.84 Å². The van der Waals surface area contributed by atoms with Crippen LogP contribution in [0.25, 0.3) is 0 Å². The summed E-state index contributed by atoms with van der Waals surface area (Å²) in [6.07, 6.45) is 1.54. The number of rotatable bonds is 4. The lowest BCUT2D eigenvalue weighted by Gasteiger charge is -2.09. The van der Waals surface area contributed by atoms with Crippen LogP contribution in [0.1, 0.15) is 39.8 Å². The molecule has 3 heterocycles. The van der Waals surface area contributed by atoms with Crippen LogP contribution in [-0.2, 0) is 28.2 Å². The van der Waals surface area contributed by atoms with Crippen LogP contribution < -0.4 is 0 Å². The maximum absolute atomic E-state index is 12.9. The van der Waals surface area contributed by atoms with Gasteiger partial charge in [0.2, 0.25) is 5.78 Å². The smallest absolute Gasteiger partial charge is 0.312 e. The molecule has 1 atom stereocenters. The number of hydrogen-bond donors (Lipinski definition) is 1. The molecule has 0 amide bonds. The molecule has 8 heteroatoms. The molecule has 3 rings (SSSR count). The summed E-state index contributed by atoms with van der Waals surface area (Å²) in [6, 6.07) is 4.63. The van der Waals surface area contributed by atoms with Crippen molar-refractivity contribution in [2.45, 2.75) is 30.8 Å². The van der Waals surface area contributed by atoms with Crippen molar-refractivity contribution in [1.29, 1.82) is 0 Å². The predicted molar refractivity (Wildman–Crippen MR) is 86.1 cm³/mol. The second kappa shape index (κ2) is 5.34. The monoisotopic (exact) mass is 350 g/mol. The Labute approximate surface area is 139 Å². The number of carboxylic acids is 1. The third-order valence-electron chi connectivity index (χ3n) is 4.52. The summed E-state index contributed by atoms with van der Waals surface area (Å²) in [5, 5.41) is 9.35. The minimum atomic E-state index is -3.43. The summed E-state index contributed by atoms with van der Waals surface area (Å²) in [7, 11) is -1.90. The van der Waals surface area contributed by atoms with Crippen molar-refractivity contribution >= 4 is 21.6 Å². The van der Waals surface area contributed by atoms with Crippen LogP contribution in [-0.4, -0.2) is 40.7 Å². The van der Waals surface area contributed by atoms with E-state index in [-0.39, 0.29) is 16.5 Å². The van der Waals surface area contributed by atoms with Gasteiger partial charge in [-0.2, -0.15) is 0 Å². The number of ketones is 1. The Morgan fingerprint density at radius 3 is 2.50 bits per heavy atom. The molecule has 128 valence electrons. The van der Waals surface area contributed by atoms with E-state index in [1.807, 2.05) is 0 Å². The first-order valence-corrected chi connectivity index (χ1v) is 9.35. The molecule has 2 aromatic heterocycles. The second-order valence-electron chi connectivity index (χ2n) is 6.15. The summed E-state index contributed by atoms with van der Waals surface area (Å²) in [5.74, 6) is -1.81. The lowest BCUT2D eigenvalue weighted by atomic mass is 10.0. The van der Waals surface area contributed by atoms with Gasteiger partial charge in [-0.05, 0) is 37.1 Å². The topological polar surface area (TPSA) is 98.4 Å². The van der Waals surface area contributed by atoms with Crippen LogP contribution in [0, 0.1) is 6.92 Å². The van der Waals surface area contributed by atoms with Crippen LogP contribution in [0.3, 0.4) is 0 Å². The number of fused-ring (bicyclic) bond motifs is 1.